The van der Waals surface area contributed by atoms with Crippen molar-refractivity contribution in [2.45, 2.75) is 13.0 Å². The number of hydrogen-bond donors (Lipinski definition) is 1. The summed E-state index contributed by atoms with van der Waals surface area (Å²) in [6, 6.07) is 14.0. The van der Waals surface area contributed by atoms with E-state index in [-0.39, 0.29) is 0 Å². The molecule has 0 spiro atoms. The molecule has 0 unspecified atom stereocenters. The molecule has 0 saturated heterocycles. The molecule has 0 aromatic heterocycles. The van der Waals surface area contributed by atoms with E-state index in [4.69, 9.17) is 21.1 Å². The van der Waals surface area contributed by atoms with Gasteiger partial charge in [0, 0.05) is 6.54 Å². The van der Waals surface area contributed by atoms with Crippen molar-refractivity contribution in [1.82, 2.24) is 5.32 Å². The third-order valence-corrected chi connectivity index (χ3v) is 3.57. The molecule has 0 radical (unpaired) electrons. The normalized spacial score (nSPS) is 10.4. The van der Waals surface area contributed by atoms with Crippen molar-refractivity contribution >= 4 is 11.6 Å². The molecule has 21 heavy (non-hydrogen) atoms. The van der Waals surface area contributed by atoms with E-state index < -0.39 is 0 Å². The van der Waals surface area contributed by atoms with E-state index in [0.717, 1.165) is 30.8 Å². The Morgan fingerprint density at radius 1 is 1.00 bits per heavy atom. The van der Waals surface area contributed by atoms with Gasteiger partial charge >= 0.3 is 0 Å². The molecule has 2 aromatic carbocycles. The van der Waals surface area contributed by atoms with Crippen LogP contribution in [0.1, 0.15) is 11.1 Å². The number of rotatable bonds is 7. The molecule has 0 heterocycles. The van der Waals surface area contributed by atoms with E-state index >= 15 is 0 Å². The van der Waals surface area contributed by atoms with Crippen LogP contribution in [0.3, 0.4) is 0 Å². The minimum Gasteiger partial charge on any atom is -0.497 e. The van der Waals surface area contributed by atoms with E-state index in [1.165, 1.54) is 5.56 Å². The lowest BCUT2D eigenvalue weighted by molar-refractivity contribution is 0.414. The highest BCUT2D eigenvalue weighted by Crippen LogP contribution is 2.24. The van der Waals surface area contributed by atoms with Gasteiger partial charge in [-0.25, -0.2) is 0 Å². The van der Waals surface area contributed by atoms with E-state index in [0.29, 0.717) is 10.8 Å². The lowest BCUT2D eigenvalue weighted by Gasteiger charge is -2.08. The lowest BCUT2D eigenvalue weighted by Crippen LogP contribution is -2.16. The van der Waals surface area contributed by atoms with Crippen LogP contribution in [-0.4, -0.2) is 20.8 Å². The van der Waals surface area contributed by atoms with Gasteiger partial charge in [-0.2, -0.15) is 0 Å². The molecule has 0 aliphatic rings. The van der Waals surface area contributed by atoms with Crippen molar-refractivity contribution in [1.29, 1.82) is 0 Å². The lowest BCUT2D eigenvalue weighted by atomic mass is 10.1. The first-order chi connectivity index (χ1) is 10.2. The topological polar surface area (TPSA) is 30.5 Å². The van der Waals surface area contributed by atoms with Gasteiger partial charge < -0.3 is 14.8 Å². The van der Waals surface area contributed by atoms with E-state index in [9.17, 15) is 0 Å². The van der Waals surface area contributed by atoms with E-state index in [2.05, 4.69) is 17.4 Å². The van der Waals surface area contributed by atoms with Crippen molar-refractivity contribution in [2.24, 2.45) is 0 Å². The highest BCUT2D eigenvalue weighted by atomic mass is 35.5. The molecule has 0 amide bonds. The van der Waals surface area contributed by atoms with Crippen LogP contribution in [0.2, 0.25) is 5.02 Å². The SMILES string of the molecule is COc1cccc(CCNCc2ccc(OC)c(Cl)c2)c1. The molecule has 112 valence electrons. The van der Waals surface area contributed by atoms with Gasteiger partial charge in [0.15, 0.2) is 0 Å². The molecule has 2 aromatic rings. The van der Waals surface area contributed by atoms with Crippen molar-refractivity contribution in [3.8, 4) is 11.5 Å². The molecule has 2 rings (SSSR count). The zero-order chi connectivity index (χ0) is 15.1. The van der Waals surface area contributed by atoms with Gasteiger partial charge in [-0.15, -0.1) is 0 Å². The highest BCUT2D eigenvalue weighted by Gasteiger charge is 2.02. The Morgan fingerprint density at radius 3 is 2.57 bits per heavy atom. The monoisotopic (exact) mass is 305 g/mol. The Balaban J connectivity index is 1.80. The fraction of sp³-hybridized carbons (Fsp3) is 0.294. The van der Waals surface area contributed by atoms with Gasteiger partial charge in [0.05, 0.1) is 19.2 Å². The summed E-state index contributed by atoms with van der Waals surface area (Å²) >= 11 is 6.10. The molecule has 0 fully saturated rings. The molecule has 0 saturated carbocycles. The summed E-state index contributed by atoms with van der Waals surface area (Å²) in [6.07, 6.45) is 0.959. The van der Waals surface area contributed by atoms with E-state index in [1.807, 2.05) is 30.3 Å². The summed E-state index contributed by atoms with van der Waals surface area (Å²) in [5.41, 5.74) is 2.40. The Labute approximate surface area is 130 Å². The van der Waals surface area contributed by atoms with Crippen LogP contribution in [0.4, 0.5) is 0 Å². The molecule has 1 N–H and O–H groups in total. The van der Waals surface area contributed by atoms with Gasteiger partial charge in [0.25, 0.3) is 0 Å². The van der Waals surface area contributed by atoms with Crippen molar-refractivity contribution in [3.05, 3.63) is 58.6 Å². The molecule has 0 atom stereocenters. The Morgan fingerprint density at radius 2 is 1.86 bits per heavy atom. The maximum absolute atomic E-state index is 6.10. The van der Waals surface area contributed by atoms with E-state index in [1.54, 1.807) is 14.2 Å². The number of methoxy groups -OCH3 is 2. The Bertz CT molecular complexity index is 587. The second-order valence-corrected chi connectivity index (χ2v) is 5.15. The summed E-state index contributed by atoms with van der Waals surface area (Å²) in [4.78, 5) is 0. The summed E-state index contributed by atoms with van der Waals surface area (Å²) in [7, 11) is 3.30. The Hall–Kier alpha value is -1.71. The van der Waals surface area contributed by atoms with Crippen LogP contribution in [0, 0.1) is 0 Å². The minimum atomic E-state index is 0.643. The average Bonchev–Trinajstić information content (AvgIpc) is 2.52. The largest absolute Gasteiger partial charge is 0.497 e. The zero-order valence-electron chi connectivity index (χ0n) is 12.4. The van der Waals surface area contributed by atoms with Gasteiger partial charge in [0.1, 0.15) is 11.5 Å². The van der Waals surface area contributed by atoms with Gasteiger partial charge in [-0.05, 0) is 48.4 Å². The van der Waals surface area contributed by atoms with Crippen LogP contribution in [0.5, 0.6) is 11.5 Å². The molecule has 3 nitrogen and oxygen atoms in total. The first-order valence-electron chi connectivity index (χ1n) is 6.89. The third kappa shape index (κ3) is 4.66. The molecular formula is C17H20ClNO2. The van der Waals surface area contributed by atoms with Crippen LogP contribution in [0.25, 0.3) is 0 Å². The van der Waals surface area contributed by atoms with Crippen LogP contribution in [0.15, 0.2) is 42.5 Å². The highest BCUT2D eigenvalue weighted by molar-refractivity contribution is 6.32. The molecule has 4 heteroatoms. The summed E-state index contributed by atoms with van der Waals surface area (Å²) in [5.74, 6) is 1.60. The van der Waals surface area contributed by atoms with Crippen molar-refractivity contribution in [2.75, 3.05) is 20.8 Å². The number of hydrogen-bond acceptors (Lipinski definition) is 3. The second-order valence-electron chi connectivity index (χ2n) is 4.75. The van der Waals surface area contributed by atoms with Gasteiger partial charge in [0.2, 0.25) is 0 Å². The predicted molar refractivity (Wildman–Crippen MR) is 86.4 cm³/mol. The molecule has 0 aliphatic carbocycles. The maximum Gasteiger partial charge on any atom is 0.137 e. The van der Waals surface area contributed by atoms with Crippen LogP contribution >= 0.6 is 11.6 Å². The van der Waals surface area contributed by atoms with Crippen molar-refractivity contribution < 1.29 is 9.47 Å². The van der Waals surface area contributed by atoms with Gasteiger partial charge in [-0.3, -0.25) is 0 Å². The minimum absolute atomic E-state index is 0.643. The maximum atomic E-state index is 6.10. The molecule has 0 aliphatic heterocycles. The number of ether oxygens (including phenoxy) is 2. The standard InChI is InChI=1S/C17H20ClNO2/c1-20-15-5-3-4-13(10-15)8-9-19-12-14-6-7-17(21-2)16(18)11-14/h3-7,10-11,19H,8-9,12H2,1-2H3. The second kappa shape index (κ2) is 7.91. The summed E-state index contributed by atoms with van der Waals surface area (Å²) < 4.78 is 10.4. The first-order valence-corrected chi connectivity index (χ1v) is 7.27. The number of nitrogens with one attached hydrogen (secondary N) is 1. The van der Waals surface area contributed by atoms with Crippen LogP contribution in [-0.2, 0) is 13.0 Å². The first kappa shape index (κ1) is 15.7. The predicted octanol–water partition coefficient (Wildman–Crippen LogP) is 3.69. The molecule has 0 bridgehead atoms. The fourth-order valence-electron chi connectivity index (χ4n) is 2.11. The number of halogens is 1. The average molecular weight is 306 g/mol. The zero-order valence-corrected chi connectivity index (χ0v) is 13.1. The summed E-state index contributed by atoms with van der Waals surface area (Å²) in [6.45, 7) is 1.69. The fourth-order valence-corrected chi connectivity index (χ4v) is 2.39. The third-order valence-electron chi connectivity index (χ3n) is 3.27. The van der Waals surface area contributed by atoms with Crippen molar-refractivity contribution in [3.63, 3.8) is 0 Å². The Kier molecular flexibility index (Phi) is 5.90. The number of benzene rings is 2. The van der Waals surface area contributed by atoms with Crippen LogP contribution < -0.4 is 14.8 Å². The quantitative estimate of drug-likeness (QED) is 0.791. The van der Waals surface area contributed by atoms with Gasteiger partial charge in [-0.1, -0.05) is 29.8 Å². The molecular weight excluding hydrogens is 286 g/mol. The summed E-state index contributed by atoms with van der Waals surface area (Å²) in [5, 5.41) is 4.06. The smallest absolute Gasteiger partial charge is 0.137 e.